The van der Waals surface area contributed by atoms with E-state index in [1.807, 2.05) is 13.0 Å². The molecule has 6 nitrogen and oxygen atoms in total. The highest BCUT2D eigenvalue weighted by molar-refractivity contribution is 9.10. The van der Waals surface area contributed by atoms with Crippen LogP contribution in [0.4, 0.5) is 0 Å². The molecule has 7 heteroatoms. The van der Waals surface area contributed by atoms with Gasteiger partial charge in [0.25, 0.3) is 0 Å². The van der Waals surface area contributed by atoms with Crippen LogP contribution in [-0.4, -0.2) is 34.5 Å². The number of nitrogens with zero attached hydrogens (tertiary/aromatic N) is 1. The number of H-pyrrole nitrogens is 1. The number of rotatable bonds is 2. The van der Waals surface area contributed by atoms with Crippen LogP contribution in [0.3, 0.4) is 0 Å². The minimum absolute atomic E-state index is 0.0428. The number of benzene rings is 1. The lowest BCUT2D eigenvalue weighted by Crippen LogP contribution is -2.16. The second-order valence-corrected chi connectivity index (χ2v) is 5.21. The van der Waals surface area contributed by atoms with E-state index >= 15 is 0 Å². The lowest BCUT2D eigenvalue weighted by Gasteiger charge is -2.22. The summed E-state index contributed by atoms with van der Waals surface area (Å²) in [6, 6.07) is 3.30. The summed E-state index contributed by atoms with van der Waals surface area (Å²) < 4.78 is 11.9. The van der Waals surface area contributed by atoms with E-state index in [0.29, 0.717) is 30.4 Å². The number of carboxylic acids is 1. The van der Waals surface area contributed by atoms with Gasteiger partial charge in [-0.25, -0.2) is 4.79 Å². The van der Waals surface area contributed by atoms with E-state index in [2.05, 4.69) is 26.1 Å². The van der Waals surface area contributed by atoms with Gasteiger partial charge in [-0.15, -0.1) is 0 Å². The van der Waals surface area contributed by atoms with Gasteiger partial charge < -0.3 is 14.6 Å². The van der Waals surface area contributed by atoms with Crippen LogP contribution in [0.2, 0.25) is 0 Å². The van der Waals surface area contributed by atoms with E-state index in [0.717, 1.165) is 15.6 Å². The number of ether oxygens (including phenoxy) is 2. The number of nitrogens with one attached hydrogen (secondary N) is 1. The predicted molar refractivity (Wildman–Crippen MR) is 74.4 cm³/mol. The van der Waals surface area contributed by atoms with Crippen molar-refractivity contribution in [3.05, 3.63) is 27.9 Å². The van der Waals surface area contributed by atoms with Gasteiger partial charge in [-0.3, -0.25) is 5.10 Å². The molecule has 0 radical (unpaired) electrons. The summed E-state index contributed by atoms with van der Waals surface area (Å²) in [5.41, 5.74) is 2.24. The molecule has 2 N–H and O–H groups in total. The maximum Gasteiger partial charge on any atom is 0.353 e. The van der Waals surface area contributed by atoms with Crippen LogP contribution in [0, 0.1) is 6.92 Å². The number of aromatic nitrogens is 2. The number of aromatic amines is 1. The first-order valence-corrected chi connectivity index (χ1v) is 6.75. The van der Waals surface area contributed by atoms with Crippen molar-refractivity contribution >= 4 is 21.9 Å². The van der Waals surface area contributed by atoms with Gasteiger partial charge in [0.05, 0.1) is 5.69 Å². The monoisotopic (exact) mass is 338 g/mol. The number of hydrogen-bond acceptors (Lipinski definition) is 4. The molecule has 104 valence electrons. The molecule has 3 rings (SSSR count). The highest BCUT2D eigenvalue weighted by Gasteiger charge is 2.22. The third-order valence-electron chi connectivity index (χ3n) is 3.09. The smallest absolute Gasteiger partial charge is 0.353 e. The topological polar surface area (TPSA) is 84.4 Å². The fourth-order valence-electron chi connectivity index (χ4n) is 2.19. The fraction of sp³-hybridized carbons (Fsp3) is 0.231. The molecule has 0 aliphatic carbocycles. The minimum atomic E-state index is -1.05. The molecule has 20 heavy (non-hydrogen) atoms. The molecule has 0 unspecified atom stereocenters. The van der Waals surface area contributed by atoms with Crippen LogP contribution < -0.4 is 9.47 Å². The van der Waals surface area contributed by atoms with Gasteiger partial charge in [0.1, 0.15) is 18.9 Å². The predicted octanol–water partition coefficient (Wildman–Crippen LogP) is 2.62. The van der Waals surface area contributed by atoms with Crippen molar-refractivity contribution in [2.24, 2.45) is 0 Å². The molecule has 1 aromatic heterocycles. The Morgan fingerprint density at radius 1 is 1.40 bits per heavy atom. The Labute approximate surface area is 122 Å². The summed E-state index contributed by atoms with van der Waals surface area (Å²) in [6.07, 6.45) is 0. The van der Waals surface area contributed by atoms with Gasteiger partial charge in [-0.05, 0) is 35.0 Å². The van der Waals surface area contributed by atoms with Crippen molar-refractivity contribution in [2.45, 2.75) is 6.92 Å². The van der Waals surface area contributed by atoms with Crippen LogP contribution in [0.1, 0.15) is 16.1 Å². The first-order chi connectivity index (χ1) is 9.58. The lowest BCUT2D eigenvalue weighted by molar-refractivity contribution is 0.0690. The second-order valence-electron chi connectivity index (χ2n) is 4.35. The Morgan fingerprint density at radius 3 is 2.85 bits per heavy atom. The molecular weight excluding hydrogens is 328 g/mol. The van der Waals surface area contributed by atoms with Crippen molar-refractivity contribution in [3.8, 4) is 22.8 Å². The molecule has 2 aromatic rings. The fourth-order valence-corrected chi connectivity index (χ4v) is 2.89. The van der Waals surface area contributed by atoms with Crippen molar-refractivity contribution in [3.63, 3.8) is 0 Å². The number of halogens is 1. The summed E-state index contributed by atoms with van der Waals surface area (Å²) >= 11 is 3.47. The molecule has 2 heterocycles. The Hall–Kier alpha value is -2.02. The quantitative estimate of drug-likeness (QED) is 0.879. The number of hydrogen-bond donors (Lipinski definition) is 2. The number of fused-ring (bicyclic) bond motifs is 1. The van der Waals surface area contributed by atoms with Crippen LogP contribution in [0.5, 0.6) is 11.5 Å². The third kappa shape index (κ3) is 2.03. The van der Waals surface area contributed by atoms with Crippen molar-refractivity contribution in [1.82, 2.24) is 10.2 Å². The van der Waals surface area contributed by atoms with Crippen LogP contribution >= 0.6 is 15.9 Å². The Morgan fingerprint density at radius 2 is 2.15 bits per heavy atom. The van der Waals surface area contributed by atoms with E-state index in [4.69, 9.17) is 14.6 Å². The van der Waals surface area contributed by atoms with Crippen molar-refractivity contribution < 1.29 is 19.4 Å². The second kappa shape index (κ2) is 4.82. The molecule has 0 saturated carbocycles. The lowest BCUT2D eigenvalue weighted by atomic mass is 10.0. The molecule has 1 aromatic carbocycles. The van der Waals surface area contributed by atoms with Gasteiger partial charge >= 0.3 is 5.97 Å². The van der Waals surface area contributed by atoms with E-state index < -0.39 is 5.97 Å². The maximum absolute atomic E-state index is 10.9. The van der Waals surface area contributed by atoms with E-state index in [1.54, 1.807) is 0 Å². The molecule has 1 aliphatic heterocycles. The van der Waals surface area contributed by atoms with Gasteiger partial charge in [-0.1, -0.05) is 0 Å². The first-order valence-electron chi connectivity index (χ1n) is 5.95. The molecular formula is C13H11BrN2O4. The zero-order chi connectivity index (χ0) is 14.3. The SMILES string of the molecule is Cc1c2c(cc(Br)c1-c1cc(C(=O)O)[nH]n1)OCCO2. The summed E-state index contributed by atoms with van der Waals surface area (Å²) in [4.78, 5) is 10.9. The number of carboxylic acid groups (broad SMARTS) is 1. The highest BCUT2D eigenvalue weighted by Crippen LogP contribution is 2.43. The Kier molecular flexibility index (Phi) is 3.13. The minimum Gasteiger partial charge on any atom is -0.486 e. The van der Waals surface area contributed by atoms with Gasteiger partial charge in [-0.2, -0.15) is 5.10 Å². The van der Waals surface area contributed by atoms with Crippen LogP contribution in [0.25, 0.3) is 11.3 Å². The molecule has 0 saturated heterocycles. The van der Waals surface area contributed by atoms with E-state index in [-0.39, 0.29) is 5.69 Å². The van der Waals surface area contributed by atoms with Gasteiger partial charge in [0, 0.05) is 15.6 Å². The largest absolute Gasteiger partial charge is 0.486 e. The zero-order valence-electron chi connectivity index (χ0n) is 10.6. The van der Waals surface area contributed by atoms with Crippen LogP contribution in [0.15, 0.2) is 16.6 Å². The van der Waals surface area contributed by atoms with E-state index in [1.165, 1.54) is 6.07 Å². The summed E-state index contributed by atoms with van der Waals surface area (Å²) in [5, 5.41) is 15.5. The molecule has 0 atom stereocenters. The molecule has 1 aliphatic rings. The molecule has 0 fully saturated rings. The standard InChI is InChI=1S/C13H11BrN2O4/c1-6-11(8-5-9(13(17)18)16-15-8)7(14)4-10-12(6)20-3-2-19-10/h4-5H,2-3H2,1H3,(H,15,16)(H,17,18). The summed E-state index contributed by atoms with van der Waals surface area (Å²) in [7, 11) is 0. The Balaban J connectivity index is 2.15. The number of carbonyl (C=O) groups is 1. The average Bonchev–Trinajstić information content (AvgIpc) is 2.88. The van der Waals surface area contributed by atoms with Crippen LogP contribution in [-0.2, 0) is 0 Å². The summed E-state index contributed by atoms with van der Waals surface area (Å²) in [5.74, 6) is 0.308. The Bertz CT molecular complexity index is 696. The van der Waals surface area contributed by atoms with Crippen molar-refractivity contribution in [1.29, 1.82) is 0 Å². The summed E-state index contributed by atoms with van der Waals surface area (Å²) in [6.45, 7) is 2.91. The van der Waals surface area contributed by atoms with Gasteiger partial charge in [0.2, 0.25) is 0 Å². The first kappa shape index (κ1) is 13.0. The van der Waals surface area contributed by atoms with Crippen molar-refractivity contribution in [2.75, 3.05) is 13.2 Å². The highest BCUT2D eigenvalue weighted by atomic mass is 79.9. The third-order valence-corrected chi connectivity index (χ3v) is 3.71. The van der Waals surface area contributed by atoms with Gasteiger partial charge in [0.15, 0.2) is 11.5 Å². The zero-order valence-corrected chi connectivity index (χ0v) is 12.2. The molecule has 0 bridgehead atoms. The maximum atomic E-state index is 10.9. The average molecular weight is 339 g/mol. The number of aromatic carboxylic acids is 1. The molecule has 0 amide bonds. The van der Waals surface area contributed by atoms with E-state index in [9.17, 15) is 4.79 Å². The molecule has 0 spiro atoms. The normalized spacial score (nSPS) is 13.3.